The van der Waals surface area contributed by atoms with Gasteiger partial charge in [0, 0.05) is 6.42 Å². The molecule has 0 aromatic heterocycles. The van der Waals surface area contributed by atoms with Crippen molar-refractivity contribution < 1.29 is 14.6 Å². The zero-order chi connectivity index (χ0) is 13.8. The molecule has 4 fully saturated rings. The predicted octanol–water partition coefficient (Wildman–Crippen LogP) is 2.91. The normalized spacial score (nSPS) is 49.2. The maximum Gasteiger partial charge on any atom is 0.309 e. The molecule has 0 aromatic carbocycles. The number of hydrogen-bond donors (Lipinski definition) is 1. The van der Waals surface area contributed by atoms with Gasteiger partial charge in [0.25, 0.3) is 0 Å². The highest BCUT2D eigenvalue weighted by atomic mass is 16.6. The molecule has 3 unspecified atom stereocenters. The summed E-state index contributed by atoms with van der Waals surface area (Å²) >= 11 is 0. The van der Waals surface area contributed by atoms with Crippen LogP contribution < -0.4 is 0 Å². The molecule has 4 aliphatic carbocycles. The van der Waals surface area contributed by atoms with E-state index in [-0.39, 0.29) is 17.5 Å². The van der Waals surface area contributed by atoms with Gasteiger partial charge in [0.1, 0.15) is 5.60 Å². The van der Waals surface area contributed by atoms with E-state index in [0.29, 0.717) is 24.2 Å². The second-order valence-corrected chi connectivity index (χ2v) is 7.51. The third-order valence-corrected chi connectivity index (χ3v) is 6.02. The van der Waals surface area contributed by atoms with Crippen molar-refractivity contribution in [3.63, 3.8) is 0 Å². The summed E-state index contributed by atoms with van der Waals surface area (Å²) < 4.78 is 5.92. The Balaban J connectivity index is 1.80. The summed E-state index contributed by atoms with van der Waals surface area (Å²) in [6, 6.07) is 0. The van der Waals surface area contributed by atoms with E-state index in [1.54, 1.807) is 0 Å². The smallest absolute Gasteiger partial charge is 0.309 e. The highest BCUT2D eigenvalue weighted by molar-refractivity contribution is 5.72. The second kappa shape index (κ2) is 4.21. The number of carbonyl (C=O) groups is 1. The monoisotopic (exact) mass is 266 g/mol. The molecule has 108 valence electrons. The molecule has 0 radical (unpaired) electrons. The van der Waals surface area contributed by atoms with Gasteiger partial charge >= 0.3 is 5.97 Å². The largest absolute Gasteiger partial charge is 0.459 e. The van der Waals surface area contributed by atoms with Crippen molar-refractivity contribution in [1.29, 1.82) is 0 Å². The van der Waals surface area contributed by atoms with Crippen molar-refractivity contribution in [2.45, 2.75) is 70.5 Å². The van der Waals surface area contributed by atoms with Gasteiger partial charge in [-0.05, 0) is 49.9 Å². The Kier molecular flexibility index (Phi) is 2.97. The van der Waals surface area contributed by atoms with Crippen LogP contribution in [0.5, 0.6) is 0 Å². The van der Waals surface area contributed by atoms with Gasteiger partial charge < -0.3 is 9.84 Å². The fourth-order valence-electron chi connectivity index (χ4n) is 4.86. The fourth-order valence-corrected chi connectivity index (χ4v) is 4.86. The number of aliphatic hydroxyl groups is 1. The van der Waals surface area contributed by atoms with Gasteiger partial charge in [-0.25, -0.2) is 0 Å². The van der Waals surface area contributed by atoms with Crippen LogP contribution in [0.3, 0.4) is 0 Å². The minimum Gasteiger partial charge on any atom is -0.459 e. The van der Waals surface area contributed by atoms with Crippen LogP contribution in [-0.2, 0) is 9.53 Å². The van der Waals surface area contributed by atoms with Crippen LogP contribution in [0.15, 0.2) is 0 Å². The zero-order valence-electron chi connectivity index (χ0n) is 12.3. The molecule has 0 saturated heterocycles. The first-order valence-electron chi connectivity index (χ1n) is 7.82. The minimum absolute atomic E-state index is 0.0277. The van der Waals surface area contributed by atoms with E-state index < -0.39 is 5.60 Å². The number of esters is 1. The Bertz CT molecular complexity index is 373. The molecule has 4 bridgehead atoms. The van der Waals surface area contributed by atoms with Gasteiger partial charge in [0.05, 0.1) is 11.5 Å². The van der Waals surface area contributed by atoms with Crippen molar-refractivity contribution in [3.05, 3.63) is 0 Å². The summed E-state index contributed by atoms with van der Waals surface area (Å²) in [5, 5.41) is 10.7. The summed E-state index contributed by atoms with van der Waals surface area (Å²) in [5.41, 5.74) is -0.915. The Hall–Kier alpha value is -0.570. The molecule has 1 N–H and O–H groups in total. The van der Waals surface area contributed by atoms with Crippen molar-refractivity contribution in [3.8, 4) is 0 Å². The van der Waals surface area contributed by atoms with E-state index in [1.165, 1.54) is 0 Å². The zero-order valence-corrected chi connectivity index (χ0v) is 12.3. The third kappa shape index (κ3) is 2.10. The van der Waals surface area contributed by atoms with Crippen LogP contribution in [0.1, 0.15) is 59.3 Å². The molecule has 4 saturated carbocycles. The average Bonchev–Trinajstić information content (AvgIpc) is 2.32. The van der Waals surface area contributed by atoms with E-state index in [9.17, 15) is 9.90 Å². The van der Waals surface area contributed by atoms with Gasteiger partial charge in [-0.2, -0.15) is 0 Å². The summed E-state index contributed by atoms with van der Waals surface area (Å²) in [5.74, 6) is 1.66. The first-order chi connectivity index (χ1) is 8.86. The van der Waals surface area contributed by atoms with Crippen molar-refractivity contribution in [2.75, 3.05) is 0 Å². The Morgan fingerprint density at radius 2 is 1.89 bits per heavy atom. The van der Waals surface area contributed by atoms with Gasteiger partial charge in [0.15, 0.2) is 0 Å². The van der Waals surface area contributed by atoms with E-state index in [2.05, 4.69) is 6.92 Å². The Labute approximate surface area is 115 Å². The number of rotatable bonds is 3. The molecule has 3 nitrogen and oxygen atoms in total. The lowest BCUT2D eigenvalue weighted by molar-refractivity contribution is -0.234. The maximum atomic E-state index is 12.1. The minimum atomic E-state index is -0.561. The molecule has 4 aliphatic rings. The molecule has 19 heavy (non-hydrogen) atoms. The fraction of sp³-hybridized carbons (Fsp3) is 0.938. The third-order valence-electron chi connectivity index (χ3n) is 6.02. The summed E-state index contributed by atoms with van der Waals surface area (Å²) in [4.78, 5) is 12.1. The second-order valence-electron chi connectivity index (χ2n) is 7.51. The predicted molar refractivity (Wildman–Crippen MR) is 72.5 cm³/mol. The van der Waals surface area contributed by atoms with Gasteiger partial charge in [-0.15, -0.1) is 0 Å². The summed E-state index contributed by atoms with van der Waals surface area (Å²) in [6.45, 7) is 6.25. The molecular formula is C16H26O3. The number of carbonyl (C=O) groups excluding carboxylic acids is 1. The quantitative estimate of drug-likeness (QED) is 0.799. The molecule has 4 rings (SSSR count). The Morgan fingerprint density at radius 3 is 2.42 bits per heavy atom. The van der Waals surface area contributed by atoms with Crippen LogP contribution in [0.4, 0.5) is 0 Å². The summed E-state index contributed by atoms with van der Waals surface area (Å²) in [7, 11) is 0. The van der Waals surface area contributed by atoms with Gasteiger partial charge in [0.2, 0.25) is 0 Å². The first kappa shape index (κ1) is 13.4. The highest BCUT2D eigenvalue weighted by Gasteiger charge is 2.61. The molecule has 0 spiro atoms. The molecule has 0 amide bonds. The van der Waals surface area contributed by atoms with Crippen LogP contribution >= 0.6 is 0 Å². The van der Waals surface area contributed by atoms with Crippen LogP contribution in [0, 0.1) is 23.7 Å². The van der Waals surface area contributed by atoms with Gasteiger partial charge in [-0.1, -0.05) is 20.8 Å². The molecule has 0 heterocycles. The van der Waals surface area contributed by atoms with E-state index >= 15 is 0 Å². The molecule has 3 heteroatoms. The molecular weight excluding hydrogens is 240 g/mol. The molecule has 0 aliphatic heterocycles. The van der Waals surface area contributed by atoms with Crippen LogP contribution in [0.25, 0.3) is 0 Å². The molecule has 0 aromatic rings. The van der Waals surface area contributed by atoms with E-state index in [0.717, 1.165) is 32.1 Å². The van der Waals surface area contributed by atoms with Crippen molar-refractivity contribution in [1.82, 2.24) is 0 Å². The lowest BCUT2D eigenvalue weighted by Crippen LogP contribution is -2.63. The Morgan fingerprint density at radius 1 is 1.32 bits per heavy atom. The lowest BCUT2D eigenvalue weighted by atomic mass is 9.49. The number of ether oxygens (including phenoxy) is 1. The topological polar surface area (TPSA) is 46.5 Å². The summed E-state index contributed by atoms with van der Waals surface area (Å²) in [6.07, 6.45) is 5.25. The number of hydrogen-bond acceptors (Lipinski definition) is 3. The first-order valence-corrected chi connectivity index (χ1v) is 7.82. The average molecular weight is 266 g/mol. The lowest BCUT2D eigenvalue weighted by Gasteiger charge is -2.61. The van der Waals surface area contributed by atoms with Gasteiger partial charge in [-0.3, -0.25) is 4.79 Å². The van der Waals surface area contributed by atoms with E-state index in [4.69, 9.17) is 4.74 Å². The van der Waals surface area contributed by atoms with Crippen molar-refractivity contribution >= 4 is 5.97 Å². The van der Waals surface area contributed by atoms with Crippen LogP contribution in [-0.4, -0.2) is 22.3 Å². The standard InChI is InChI=1S/C16H26O3/c1-4-10(2)14(17)19-16-7-12-5-15(18,9-16)6-13(8-16)11(12)3/h10-13,18H,4-9H2,1-3H3. The maximum absolute atomic E-state index is 12.1. The van der Waals surface area contributed by atoms with E-state index in [1.807, 2.05) is 13.8 Å². The van der Waals surface area contributed by atoms with Crippen LogP contribution in [0.2, 0.25) is 0 Å². The highest BCUT2D eigenvalue weighted by Crippen LogP contribution is 2.61. The SMILES string of the molecule is CCC(C)C(=O)OC12CC3CC(O)(CC(C1)C3C)C2. The molecule has 3 atom stereocenters. The van der Waals surface area contributed by atoms with Crippen molar-refractivity contribution in [2.24, 2.45) is 23.7 Å².